The molecule has 1 aromatic heterocycles. The molecular weight excluding hydrogens is 325 g/mol. The minimum atomic E-state index is -0.199. The van der Waals surface area contributed by atoms with Gasteiger partial charge in [-0.3, -0.25) is 0 Å². The molecule has 0 bridgehead atoms. The Hall–Kier alpha value is -1.94. The average Bonchev–Trinajstić information content (AvgIpc) is 2.86. The molecule has 1 saturated heterocycles. The number of benzene rings is 1. The van der Waals surface area contributed by atoms with Gasteiger partial charge in [-0.05, 0) is 25.3 Å². The molecule has 0 spiro atoms. The maximum Gasteiger partial charge on any atom is 0.325 e. The van der Waals surface area contributed by atoms with Gasteiger partial charge in [0.05, 0.1) is 19.7 Å². The number of methoxy groups -OCH3 is 2. The minimum Gasteiger partial charge on any atom is -0.493 e. The highest BCUT2D eigenvalue weighted by Gasteiger charge is 2.22. The average molecular weight is 348 g/mol. The largest absolute Gasteiger partial charge is 0.493 e. The number of ether oxygens (including phenoxy) is 2. The van der Waals surface area contributed by atoms with Crippen LogP contribution in [-0.2, 0) is 4.57 Å². The monoisotopic (exact) mass is 348 g/mol. The summed E-state index contributed by atoms with van der Waals surface area (Å²) in [6, 6.07) is 3.84. The minimum absolute atomic E-state index is 0.199. The summed E-state index contributed by atoms with van der Waals surface area (Å²) < 4.78 is 21.7. The molecule has 1 aromatic carbocycles. The molecule has 0 saturated carbocycles. The summed E-state index contributed by atoms with van der Waals surface area (Å²) in [5.74, 6) is 2.84. The third-order valence-electron chi connectivity index (χ3n) is 4.64. The predicted molar refractivity (Wildman–Crippen MR) is 96.1 cm³/mol. The van der Waals surface area contributed by atoms with E-state index < -0.39 is 0 Å². The van der Waals surface area contributed by atoms with Crippen LogP contribution in [0.2, 0.25) is 0 Å². The molecule has 0 N–H and O–H groups in total. The summed E-state index contributed by atoms with van der Waals surface area (Å²) in [4.78, 5) is 11.2. The Morgan fingerprint density at radius 2 is 1.96 bits per heavy atom. The maximum absolute atomic E-state index is 10.9. The zero-order chi connectivity index (χ0) is 16.9. The van der Waals surface area contributed by atoms with Crippen LogP contribution in [0.15, 0.2) is 18.5 Å². The van der Waals surface area contributed by atoms with Crippen LogP contribution in [-0.4, -0.2) is 43.4 Å². The van der Waals surface area contributed by atoms with Crippen LogP contribution in [0, 0.1) is 5.92 Å². The van der Waals surface area contributed by atoms with E-state index in [9.17, 15) is 4.57 Å². The van der Waals surface area contributed by atoms with Gasteiger partial charge in [-0.2, -0.15) is 0 Å². The Kier molecular flexibility index (Phi) is 5.46. The number of hydrogen-bond donors (Lipinski definition) is 0. The fourth-order valence-electron chi connectivity index (χ4n) is 3.32. The van der Waals surface area contributed by atoms with Gasteiger partial charge in [0.15, 0.2) is 11.5 Å². The van der Waals surface area contributed by atoms with E-state index in [1.807, 2.05) is 12.1 Å². The van der Waals surface area contributed by atoms with Crippen LogP contribution in [0.5, 0.6) is 11.5 Å². The second-order valence-electron chi connectivity index (χ2n) is 6.05. The topological polar surface area (TPSA) is 64.6 Å². The molecule has 128 valence electrons. The van der Waals surface area contributed by atoms with Crippen LogP contribution in [0.25, 0.3) is 10.9 Å². The zero-order valence-electron chi connectivity index (χ0n) is 14.1. The number of anilines is 1. The first-order chi connectivity index (χ1) is 11.8. The Morgan fingerprint density at radius 3 is 2.71 bits per heavy atom. The lowest BCUT2D eigenvalue weighted by molar-refractivity contribution is 0.356. The van der Waals surface area contributed by atoms with Crippen LogP contribution in [0.4, 0.5) is 5.82 Å². The highest BCUT2D eigenvalue weighted by molar-refractivity contribution is 7.23. The summed E-state index contributed by atoms with van der Waals surface area (Å²) in [5.41, 5.74) is 0.847. The molecule has 3 rings (SSSR count). The maximum atomic E-state index is 10.9. The fraction of sp³-hybridized carbons (Fsp3) is 0.529. The molecule has 2 aromatic rings. The highest BCUT2D eigenvalue weighted by atomic mass is 31.1. The van der Waals surface area contributed by atoms with E-state index >= 15 is 0 Å². The van der Waals surface area contributed by atoms with Crippen molar-refractivity contribution in [3.8, 4) is 11.5 Å². The van der Waals surface area contributed by atoms with Crippen molar-refractivity contribution in [2.45, 2.75) is 19.3 Å². The Morgan fingerprint density at radius 1 is 1.17 bits per heavy atom. The summed E-state index contributed by atoms with van der Waals surface area (Å²) in [6.07, 6.45) is 5.68. The highest BCUT2D eigenvalue weighted by Crippen LogP contribution is 2.35. The summed E-state index contributed by atoms with van der Waals surface area (Å²) in [7, 11) is 3.06. The molecule has 0 radical (unpaired) electrons. The van der Waals surface area contributed by atoms with Crippen LogP contribution >= 0.6 is 8.46 Å². The standard InChI is InChI=1S/C17H22N3O3P/c1-22-15-8-13-14(9-16(15)23-2)18-11-19-17(13)20-6-3-4-12(5-7-20)10-24-21/h8-9,11-12H,3-7,10H2,1-2H3/p+1. The Labute approximate surface area is 143 Å². The number of aromatic nitrogens is 2. The quantitative estimate of drug-likeness (QED) is 0.773. The first-order valence-corrected chi connectivity index (χ1v) is 9.35. The lowest BCUT2D eigenvalue weighted by atomic mass is 10.0. The molecule has 1 aliphatic heterocycles. The van der Waals surface area contributed by atoms with E-state index in [4.69, 9.17) is 9.47 Å². The van der Waals surface area contributed by atoms with E-state index in [1.165, 1.54) is 0 Å². The van der Waals surface area contributed by atoms with Gasteiger partial charge in [0.25, 0.3) is 0 Å². The van der Waals surface area contributed by atoms with Gasteiger partial charge in [0.1, 0.15) is 18.3 Å². The van der Waals surface area contributed by atoms with Crippen molar-refractivity contribution in [2.24, 2.45) is 5.92 Å². The van der Waals surface area contributed by atoms with Gasteiger partial charge in [0.2, 0.25) is 0 Å². The van der Waals surface area contributed by atoms with Crippen molar-refractivity contribution in [3.63, 3.8) is 0 Å². The SMILES string of the molecule is COc1cc2ncnc(N3CCCC(C[PH+]=O)CC3)c2cc1OC. The lowest BCUT2D eigenvalue weighted by Gasteiger charge is -2.23. The number of fused-ring (bicyclic) bond motifs is 1. The Balaban J connectivity index is 1.95. The molecule has 2 heterocycles. The molecule has 2 unspecified atom stereocenters. The predicted octanol–water partition coefficient (Wildman–Crippen LogP) is 3.28. The molecule has 6 nitrogen and oxygen atoms in total. The van der Waals surface area contributed by atoms with Gasteiger partial charge in [-0.15, -0.1) is 0 Å². The molecule has 2 atom stereocenters. The van der Waals surface area contributed by atoms with Gasteiger partial charge in [-0.25, -0.2) is 9.97 Å². The van der Waals surface area contributed by atoms with E-state index in [1.54, 1.807) is 20.5 Å². The summed E-state index contributed by atoms with van der Waals surface area (Å²) in [6.45, 7) is 1.88. The van der Waals surface area contributed by atoms with Crippen molar-refractivity contribution >= 4 is 25.2 Å². The van der Waals surface area contributed by atoms with E-state index in [2.05, 4.69) is 14.9 Å². The van der Waals surface area contributed by atoms with Crippen molar-refractivity contribution in [3.05, 3.63) is 18.5 Å². The van der Waals surface area contributed by atoms with E-state index in [-0.39, 0.29) is 8.46 Å². The van der Waals surface area contributed by atoms with Crippen molar-refractivity contribution < 1.29 is 14.0 Å². The van der Waals surface area contributed by atoms with Crippen LogP contribution in [0.3, 0.4) is 0 Å². The molecule has 0 aliphatic carbocycles. The second kappa shape index (κ2) is 7.75. The van der Waals surface area contributed by atoms with Crippen LogP contribution < -0.4 is 14.4 Å². The lowest BCUT2D eigenvalue weighted by Crippen LogP contribution is -2.25. The molecule has 1 aliphatic rings. The number of nitrogens with zero attached hydrogens (tertiary/aromatic N) is 3. The molecule has 7 heteroatoms. The summed E-state index contributed by atoms with van der Waals surface area (Å²) >= 11 is 0. The molecular formula is C17H23N3O3P+. The normalized spacial score (nSPS) is 18.6. The number of rotatable bonds is 5. The van der Waals surface area contributed by atoms with Gasteiger partial charge in [-0.1, -0.05) is 4.57 Å². The first-order valence-electron chi connectivity index (χ1n) is 8.23. The smallest absolute Gasteiger partial charge is 0.325 e. The molecule has 24 heavy (non-hydrogen) atoms. The number of hydrogen-bond acceptors (Lipinski definition) is 6. The Bertz CT molecular complexity index is 726. The first kappa shape index (κ1) is 16.9. The fourth-order valence-corrected chi connectivity index (χ4v) is 3.96. The van der Waals surface area contributed by atoms with Gasteiger partial charge < -0.3 is 14.4 Å². The molecule has 1 fully saturated rings. The van der Waals surface area contributed by atoms with Gasteiger partial charge >= 0.3 is 8.46 Å². The second-order valence-corrected chi connectivity index (χ2v) is 6.75. The van der Waals surface area contributed by atoms with E-state index in [0.717, 1.165) is 55.2 Å². The van der Waals surface area contributed by atoms with Crippen molar-refractivity contribution in [2.75, 3.05) is 38.4 Å². The van der Waals surface area contributed by atoms with Gasteiger partial charge in [0, 0.05) is 30.5 Å². The van der Waals surface area contributed by atoms with Crippen LogP contribution in [0.1, 0.15) is 19.3 Å². The third-order valence-corrected chi connectivity index (χ3v) is 5.38. The van der Waals surface area contributed by atoms with Crippen molar-refractivity contribution in [1.82, 2.24) is 9.97 Å². The third kappa shape index (κ3) is 3.44. The molecule has 0 amide bonds. The van der Waals surface area contributed by atoms with Crippen molar-refractivity contribution in [1.29, 1.82) is 0 Å². The zero-order valence-corrected chi connectivity index (χ0v) is 15.1. The summed E-state index contributed by atoms with van der Waals surface area (Å²) in [5, 5.41) is 0.972. The van der Waals surface area contributed by atoms with E-state index in [0.29, 0.717) is 17.4 Å².